The summed E-state index contributed by atoms with van der Waals surface area (Å²) in [6.45, 7) is 6.35. The van der Waals surface area contributed by atoms with Crippen molar-refractivity contribution in [1.82, 2.24) is 9.97 Å². The molecule has 0 saturated carbocycles. The van der Waals surface area contributed by atoms with Crippen LogP contribution in [0.4, 0.5) is 0 Å². The molecule has 0 bridgehead atoms. The third kappa shape index (κ3) is 2.76. The molecule has 2 aromatic rings. The van der Waals surface area contributed by atoms with Crippen molar-refractivity contribution in [2.75, 3.05) is 6.61 Å². The van der Waals surface area contributed by atoms with Crippen molar-refractivity contribution in [2.24, 2.45) is 5.73 Å². The summed E-state index contributed by atoms with van der Waals surface area (Å²) < 4.78 is 5.70. The van der Waals surface area contributed by atoms with Crippen molar-refractivity contribution in [3.63, 3.8) is 0 Å². The van der Waals surface area contributed by atoms with Crippen LogP contribution in [0.25, 0.3) is 11.0 Å². The molecule has 0 radical (unpaired) electrons. The van der Waals surface area contributed by atoms with Crippen molar-refractivity contribution < 1.29 is 4.74 Å². The number of aryl methyl sites for hydroxylation is 1. The van der Waals surface area contributed by atoms with Crippen molar-refractivity contribution in [3.8, 4) is 5.88 Å². The molecular formula is C14H19N3O. The molecule has 0 aliphatic carbocycles. The Morgan fingerprint density at radius 1 is 1.22 bits per heavy atom. The van der Waals surface area contributed by atoms with Gasteiger partial charge in [-0.05, 0) is 32.4 Å². The minimum Gasteiger partial charge on any atom is -0.474 e. The second kappa shape index (κ2) is 4.90. The number of rotatable bonds is 4. The van der Waals surface area contributed by atoms with Crippen molar-refractivity contribution in [3.05, 3.63) is 30.0 Å². The van der Waals surface area contributed by atoms with Gasteiger partial charge < -0.3 is 10.5 Å². The van der Waals surface area contributed by atoms with E-state index in [-0.39, 0.29) is 5.54 Å². The first-order chi connectivity index (χ1) is 8.52. The molecule has 0 aliphatic heterocycles. The molecule has 0 saturated heterocycles. The summed E-state index contributed by atoms with van der Waals surface area (Å²) in [5, 5.41) is 0. The summed E-state index contributed by atoms with van der Waals surface area (Å²) in [6.07, 6.45) is 0.854. The zero-order chi connectivity index (χ0) is 13.2. The Bertz CT molecular complexity index is 552. The number of benzene rings is 1. The predicted octanol–water partition coefficient (Wildman–Crippen LogP) is 2.44. The van der Waals surface area contributed by atoms with Gasteiger partial charge in [0.25, 0.3) is 0 Å². The summed E-state index contributed by atoms with van der Waals surface area (Å²) in [4.78, 5) is 8.95. The van der Waals surface area contributed by atoms with Gasteiger partial charge in [-0.1, -0.05) is 19.1 Å². The first-order valence-corrected chi connectivity index (χ1v) is 6.17. The Hall–Kier alpha value is -1.68. The lowest BCUT2D eigenvalue weighted by atomic mass is 10.0. The number of fused-ring (bicyclic) bond motifs is 1. The van der Waals surface area contributed by atoms with Crippen LogP contribution in [-0.4, -0.2) is 22.1 Å². The van der Waals surface area contributed by atoms with Gasteiger partial charge in [0.1, 0.15) is 12.3 Å². The average Bonchev–Trinajstić information content (AvgIpc) is 2.36. The van der Waals surface area contributed by atoms with E-state index in [0.29, 0.717) is 12.5 Å². The van der Waals surface area contributed by atoms with Crippen LogP contribution in [0.3, 0.4) is 0 Å². The zero-order valence-corrected chi connectivity index (χ0v) is 11.1. The number of hydrogen-bond donors (Lipinski definition) is 1. The molecule has 1 unspecified atom stereocenters. The second-order valence-electron chi connectivity index (χ2n) is 4.90. The van der Waals surface area contributed by atoms with Gasteiger partial charge in [-0.3, -0.25) is 0 Å². The molecule has 1 atom stereocenters. The second-order valence-corrected chi connectivity index (χ2v) is 4.90. The average molecular weight is 245 g/mol. The van der Waals surface area contributed by atoms with Crippen LogP contribution < -0.4 is 10.5 Å². The number of nitrogens with two attached hydrogens (primary N) is 1. The van der Waals surface area contributed by atoms with E-state index in [1.165, 1.54) is 0 Å². The van der Waals surface area contributed by atoms with E-state index in [9.17, 15) is 0 Å². The lowest BCUT2D eigenvalue weighted by molar-refractivity contribution is 0.217. The smallest absolute Gasteiger partial charge is 0.236 e. The summed E-state index contributed by atoms with van der Waals surface area (Å²) in [7, 11) is 0. The zero-order valence-electron chi connectivity index (χ0n) is 11.1. The highest BCUT2D eigenvalue weighted by molar-refractivity contribution is 5.74. The summed E-state index contributed by atoms with van der Waals surface area (Å²) in [6, 6.07) is 7.76. The van der Waals surface area contributed by atoms with E-state index >= 15 is 0 Å². The van der Waals surface area contributed by atoms with Crippen LogP contribution in [0.15, 0.2) is 24.3 Å². The van der Waals surface area contributed by atoms with E-state index in [2.05, 4.69) is 9.97 Å². The Morgan fingerprint density at radius 3 is 2.44 bits per heavy atom. The summed E-state index contributed by atoms with van der Waals surface area (Å²) >= 11 is 0. The van der Waals surface area contributed by atoms with Crippen LogP contribution in [-0.2, 0) is 0 Å². The third-order valence-corrected chi connectivity index (χ3v) is 3.05. The van der Waals surface area contributed by atoms with E-state index < -0.39 is 0 Å². The molecule has 1 aromatic carbocycles. The molecule has 0 aliphatic rings. The molecule has 2 N–H and O–H groups in total. The summed E-state index contributed by atoms with van der Waals surface area (Å²) in [5.41, 5.74) is 8.24. The molecule has 4 heteroatoms. The van der Waals surface area contributed by atoms with Crippen LogP contribution in [0, 0.1) is 6.92 Å². The molecule has 18 heavy (non-hydrogen) atoms. The van der Waals surface area contributed by atoms with Crippen LogP contribution >= 0.6 is 0 Å². The van der Waals surface area contributed by atoms with Gasteiger partial charge in [-0.15, -0.1) is 0 Å². The maximum absolute atomic E-state index is 6.05. The molecule has 1 heterocycles. The molecule has 1 aromatic heterocycles. The fourth-order valence-electron chi connectivity index (χ4n) is 1.54. The van der Waals surface area contributed by atoms with Crippen molar-refractivity contribution >= 4 is 11.0 Å². The lowest BCUT2D eigenvalue weighted by Crippen LogP contribution is -2.41. The monoisotopic (exact) mass is 245 g/mol. The normalized spacial score (nSPS) is 14.4. The molecule has 4 nitrogen and oxygen atoms in total. The molecular weight excluding hydrogens is 226 g/mol. The first-order valence-electron chi connectivity index (χ1n) is 6.17. The van der Waals surface area contributed by atoms with Gasteiger partial charge in [0.2, 0.25) is 5.88 Å². The molecule has 0 amide bonds. The lowest BCUT2D eigenvalue weighted by Gasteiger charge is -2.22. The van der Waals surface area contributed by atoms with Gasteiger partial charge in [-0.2, -0.15) is 0 Å². The van der Waals surface area contributed by atoms with E-state index in [0.717, 1.165) is 23.1 Å². The van der Waals surface area contributed by atoms with E-state index in [1.54, 1.807) is 0 Å². The van der Waals surface area contributed by atoms with Gasteiger partial charge in [-0.25, -0.2) is 9.97 Å². The number of hydrogen-bond acceptors (Lipinski definition) is 4. The standard InChI is InChI=1S/C14H19N3O/c1-4-14(3,15)9-18-13-10(2)16-11-7-5-6-8-12(11)17-13/h5-8H,4,9,15H2,1-3H3. The topological polar surface area (TPSA) is 61.0 Å². The van der Waals surface area contributed by atoms with Crippen LogP contribution in [0.2, 0.25) is 0 Å². The van der Waals surface area contributed by atoms with Crippen LogP contribution in [0.1, 0.15) is 26.0 Å². The van der Waals surface area contributed by atoms with Crippen molar-refractivity contribution in [2.45, 2.75) is 32.7 Å². The number of aromatic nitrogens is 2. The van der Waals surface area contributed by atoms with Gasteiger partial charge >= 0.3 is 0 Å². The molecule has 96 valence electrons. The maximum atomic E-state index is 6.05. The fraction of sp³-hybridized carbons (Fsp3) is 0.429. The number of ether oxygens (including phenoxy) is 1. The number of para-hydroxylation sites is 2. The SMILES string of the molecule is CCC(C)(N)COc1nc2ccccc2nc1C. The minimum atomic E-state index is -0.334. The van der Waals surface area contributed by atoms with Crippen molar-refractivity contribution in [1.29, 1.82) is 0 Å². The molecule has 0 fully saturated rings. The third-order valence-electron chi connectivity index (χ3n) is 3.05. The number of nitrogens with zero attached hydrogens (tertiary/aromatic N) is 2. The Morgan fingerprint density at radius 2 is 1.83 bits per heavy atom. The van der Waals surface area contributed by atoms with Gasteiger partial charge in [0.05, 0.1) is 11.0 Å². The molecule has 2 rings (SSSR count). The fourth-order valence-corrected chi connectivity index (χ4v) is 1.54. The quantitative estimate of drug-likeness (QED) is 0.898. The van der Waals surface area contributed by atoms with Crippen LogP contribution in [0.5, 0.6) is 5.88 Å². The van der Waals surface area contributed by atoms with E-state index in [1.807, 2.05) is 45.0 Å². The summed E-state index contributed by atoms with van der Waals surface area (Å²) in [5.74, 6) is 0.568. The Labute approximate surface area is 107 Å². The first kappa shape index (κ1) is 12.8. The highest BCUT2D eigenvalue weighted by Crippen LogP contribution is 2.19. The predicted molar refractivity (Wildman–Crippen MR) is 72.7 cm³/mol. The minimum absolute atomic E-state index is 0.334. The Kier molecular flexibility index (Phi) is 3.48. The van der Waals surface area contributed by atoms with Gasteiger partial charge in [0, 0.05) is 5.54 Å². The molecule has 0 spiro atoms. The highest BCUT2D eigenvalue weighted by atomic mass is 16.5. The van der Waals surface area contributed by atoms with E-state index in [4.69, 9.17) is 10.5 Å². The Balaban J connectivity index is 2.25. The highest BCUT2D eigenvalue weighted by Gasteiger charge is 2.18. The largest absolute Gasteiger partial charge is 0.474 e. The maximum Gasteiger partial charge on any atom is 0.236 e. The van der Waals surface area contributed by atoms with Gasteiger partial charge in [0.15, 0.2) is 0 Å².